The van der Waals surface area contributed by atoms with Crippen LogP contribution in [0.2, 0.25) is 13.1 Å². The molecule has 236 valence electrons. The van der Waals surface area contributed by atoms with Crippen LogP contribution in [0.1, 0.15) is 58.4 Å². The molecule has 0 heterocycles. The zero-order valence-corrected chi connectivity index (χ0v) is 26.6. The number of benzene rings is 1. The average Bonchev–Trinajstić information content (AvgIpc) is 2.85. The van der Waals surface area contributed by atoms with E-state index in [0.29, 0.717) is 12.0 Å². The summed E-state index contributed by atoms with van der Waals surface area (Å²) in [4.78, 5) is 25.6. The number of aliphatic hydroxyl groups excluding tert-OH is 1. The van der Waals surface area contributed by atoms with E-state index in [2.05, 4.69) is 4.13 Å². The highest BCUT2D eigenvalue weighted by Crippen LogP contribution is 2.45. The Morgan fingerprint density at radius 2 is 1.56 bits per heavy atom. The molecule has 0 saturated heterocycles. The van der Waals surface area contributed by atoms with E-state index in [-0.39, 0.29) is 19.4 Å². The Hall–Kier alpha value is -2.05. The smallest absolute Gasteiger partial charge is 0.480 e. The third-order valence-corrected chi connectivity index (χ3v) is 11.4. The second kappa shape index (κ2) is 13.5. The molecule has 17 heteroatoms. The number of hydrogen-bond donors (Lipinski definition) is 1. The van der Waals surface area contributed by atoms with Crippen molar-refractivity contribution in [2.75, 3.05) is 20.3 Å². The first-order valence-electron chi connectivity index (χ1n) is 12.5. The molecule has 1 rings (SSSR count). The van der Waals surface area contributed by atoms with Crippen LogP contribution in [0, 0.1) is 10.8 Å². The molecule has 0 saturated carbocycles. The molecule has 11 nitrogen and oxygen atoms in total. The maximum absolute atomic E-state index is 13.2. The Morgan fingerprint density at radius 3 is 2.00 bits per heavy atom. The lowest BCUT2D eigenvalue weighted by Gasteiger charge is -2.38. The first kappa shape index (κ1) is 37.0. The number of carbonyl (C=O) groups is 2. The van der Waals surface area contributed by atoms with Gasteiger partial charge in [0.2, 0.25) is 0 Å². The first-order valence-corrected chi connectivity index (χ1v) is 18.2. The SMILES string of the molecule is CCC(C)(CC(C)(CC(C)c1ccc(S(=O)(=O)[N-]S(=O)(=O)C(F)(F)F)cc1)C(=O)OCCO)C(=O)O[Si](C)(C)OC. The summed E-state index contributed by atoms with van der Waals surface area (Å²) in [5, 5.41) is 9.15. The van der Waals surface area contributed by atoms with Crippen LogP contribution in [-0.2, 0) is 43.2 Å². The zero-order chi connectivity index (χ0) is 32.1. The van der Waals surface area contributed by atoms with Crippen molar-refractivity contribution in [3.05, 3.63) is 34.0 Å². The van der Waals surface area contributed by atoms with Gasteiger partial charge in [-0.25, -0.2) is 16.8 Å². The number of ether oxygens (including phenoxy) is 1. The van der Waals surface area contributed by atoms with Gasteiger partial charge in [-0.2, -0.15) is 13.2 Å². The molecule has 41 heavy (non-hydrogen) atoms. The molecule has 0 bridgehead atoms. The van der Waals surface area contributed by atoms with Crippen LogP contribution in [0.25, 0.3) is 4.13 Å². The molecular formula is C24H37F3NO10S2Si-. The second-order valence-corrected chi connectivity index (χ2v) is 17.5. The first-order chi connectivity index (χ1) is 18.5. The van der Waals surface area contributed by atoms with E-state index in [9.17, 15) is 39.6 Å². The van der Waals surface area contributed by atoms with E-state index in [1.54, 1.807) is 40.8 Å². The molecular weight excluding hydrogens is 611 g/mol. The zero-order valence-electron chi connectivity index (χ0n) is 23.9. The van der Waals surface area contributed by atoms with Gasteiger partial charge in [-0.3, -0.25) is 9.59 Å². The van der Waals surface area contributed by atoms with Crippen molar-refractivity contribution in [1.29, 1.82) is 0 Å². The number of aliphatic hydroxyl groups is 1. The van der Waals surface area contributed by atoms with Crippen molar-refractivity contribution in [3.8, 4) is 0 Å². The summed E-state index contributed by atoms with van der Waals surface area (Å²) in [7, 11) is -12.8. The van der Waals surface area contributed by atoms with Crippen molar-refractivity contribution in [2.24, 2.45) is 10.8 Å². The van der Waals surface area contributed by atoms with Crippen LogP contribution >= 0.6 is 0 Å². The number of alkyl halides is 3. The molecule has 1 N–H and O–H groups in total. The highest BCUT2D eigenvalue weighted by Gasteiger charge is 2.48. The van der Waals surface area contributed by atoms with E-state index in [0.717, 1.165) is 12.1 Å². The van der Waals surface area contributed by atoms with Gasteiger partial charge in [-0.05, 0) is 69.8 Å². The molecule has 0 aliphatic heterocycles. The average molecular weight is 649 g/mol. The molecule has 0 spiro atoms. The summed E-state index contributed by atoms with van der Waals surface area (Å²) in [5.74, 6) is -1.74. The standard InChI is InChI=1S/C24H37F3NO10S2Si/c1-8-22(3,21(31)38-41(6,7)36-5)16-23(4,20(30)37-14-13-29)15-17(2)18-9-11-19(12-10-18)39(32,33)28-40(34,35)24(25,26)27/h9-12,17,29H,8,13-16H2,1-7H3/q-1. The fourth-order valence-corrected chi connectivity index (χ4v) is 7.08. The van der Waals surface area contributed by atoms with E-state index >= 15 is 0 Å². The lowest BCUT2D eigenvalue weighted by Crippen LogP contribution is -2.45. The lowest BCUT2D eigenvalue weighted by molar-refractivity contribution is -0.162. The minimum absolute atomic E-state index is 0.0151. The monoisotopic (exact) mass is 648 g/mol. The van der Waals surface area contributed by atoms with Crippen LogP contribution in [0.3, 0.4) is 0 Å². The van der Waals surface area contributed by atoms with Gasteiger partial charge in [0, 0.05) is 12.0 Å². The van der Waals surface area contributed by atoms with Gasteiger partial charge in [0.25, 0.3) is 5.97 Å². The molecule has 0 amide bonds. The number of sulfonamides is 2. The Labute approximate surface area is 240 Å². The maximum Gasteiger partial charge on any atom is 0.480 e. The molecule has 0 aliphatic rings. The van der Waals surface area contributed by atoms with Crippen molar-refractivity contribution in [2.45, 2.75) is 76.4 Å². The highest BCUT2D eigenvalue weighted by atomic mass is 32.3. The largest absolute Gasteiger partial charge is 0.494 e. The van der Waals surface area contributed by atoms with Crippen molar-refractivity contribution in [1.82, 2.24) is 0 Å². The summed E-state index contributed by atoms with van der Waals surface area (Å²) in [6.45, 7) is 9.36. The summed E-state index contributed by atoms with van der Waals surface area (Å²) < 4.78 is 103. The fraction of sp³-hybridized carbons (Fsp3) is 0.667. The second-order valence-electron chi connectivity index (χ2n) is 10.6. The van der Waals surface area contributed by atoms with Crippen LogP contribution in [0.4, 0.5) is 13.2 Å². The van der Waals surface area contributed by atoms with Crippen LogP contribution in [0.15, 0.2) is 29.2 Å². The Kier molecular flexibility index (Phi) is 12.2. The van der Waals surface area contributed by atoms with Crippen molar-refractivity contribution in [3.63, 3.8) is 0 Å². The predicted octanol–water partition coefficient (Wildman–Crippen LogP) is 4.33. The number of rotatable bonds is 15. The van der Waals surface area contributed by atoms with Crippen molar-refractivity contribution < 1.29 is 58.3 Å². The summed E-state index contributed by atoms with van der Waals surface area (Å²) in [6, 6.07) is 4.32. The van der Waals surface area contributed by atoms with E-state index in [1.165, 1.54) is 19.2 Å². The normalized spacial score (nSPS) is 16.8. The molecule has 1 aromatic rings. The highest BCUT2D eigenvalue weighted by molar-refractivity contribution is 8.12. The summed E-state index contributed by atoms with van der Waals surface area (Å²) >= 11 is 0. The number of halogens is 3. The molecule has 3 unspecified atom stereocenters. The third kappa shape index (κ3) is 9.74. The van der Waals surface area contributed by atoms with Gasteiger partial charge in [-0.1, -0.05) is 26.0 Å². The molecule has 0 aliphatic carbocycles. The van der Waals surface area contributed by atoms with Gasteiger partial charge in [0.05, 0.1) is 17.4 Å². The number of hydrogen-bond acceptors (Lipinski definition) is 10. The quantitative estimate of drug-likeness (QED) is 0.214. The van der Waals surface area contributed by atoms with Crippen LogP contribution < -0.4 is 0 Å². The van der Waals surface area contributed by atoms with Crippen LogP contribution in [0.5, 0.6) is 0 Å². The van der Waals surface area contributed by atoms with Gasteiger partial charge in [0.15, 0.2) is 10.0 Å². The third-order valence-electron chi connectivity index (χ3n) is 6.69. The minimum Gasteiger partial charge on any atom is -0.494 e. The van der Waals surface area contributed by atoms with Gasteiger partial charge in [0.1, 0.15) is 16.6 Å². The summed E-state index contributed by atoms with van der Waals surface area (Å²) in [6.07, 6.45) is 0.358. The van der Waals surface area contributed by atoms with Gasteiger partial charge >= 0.3 is 20.0 Å². The molecule has 0 aromatic heterocycles. The summed E-state index contributed by atoms with van der Waals surface area (Å²) in [5.41, 5.74) is -7.88. The van der Waals surface area contributed by atoms with Crippen molar-refractivity contribution >= 4 is 40.5 Å². The van der Waals surface area contributed by atoms with E-state index in [1.807, 2.05) is 0 Å². The minimum atomic E-state index is -6.29. The van der Waals surface area contributed by atoms with Gasteiger partial charge in [-0.15, -0.1) is 0 Å². The Morgan fingerprint density at radius 1 is 1.02 bits per heavy atom. The van der Waals surface area contributed by atoms with Crippen LogP contribution in [-0.4, -0.2) is 68.3 Å². The lowest BCUT2D eigenvalue weighted by atomic mass is 9.67. The molecule has 0 fully saturated rings. The van der Waals surface area contributed by atoms with E-state index < -0.39 is 74.3 Å². The topological polar surface area (TPSA) is 164 Å². The van der Waals surface area contributed by atoms with Gasteiger partial charge < -0.3 is 22.8 Å². The Balaban J connectivity index is 3.33. The Bertz CT molecular complexity index is 1290. The number of nitrogens with zero attached hydrogens (tertiary/aromatic N) is 1. The predicted molar refractivity (Wildman–Crippen MR) is 145 cm³/mol. The van der Waals surface area contributed by atoms with E-state index in [4.69, 9.17) is 18.7 Å². The fourth-order valence-electron chi connectivity index (χ4n) is 4.11. The number of carbonyl (C=O) groups excluding carboxylic acids is 2. The number of esters is 1. The molecule has 3 atom stereocenters. The molecule has 0 radical (unpaired) electrons. The maximum atomic E-state index is 13.2. The molecule has 1 aromatic carbocycles.